The van der Waals surface area contributed by atoms with E-state index in [4.69, 9.17) is 9.84 Å². The van der Waals surface area contributed by atoms with Crippen LogP contribution in [0, 0.1) is 24.0 Å². The summed E-state index contributed by atoms with van der Waals surface area (Å²) in [6.45, 7) is 4.49. The summed E-state index contributed by atoms with van der Waals surface area (Å²) in [6, 6.07) is 0. The smallest absolute Gasteiger partial charge is 0.332 e. The minimum atomic E-state index is -1.09. The van der Waals surface area contributed by atoms with Crippen molar-refractivity contribution in [1.82, 2.24) is 4.98 Å². The summed E-state index contributed by atoms with van der Waals surface area (Å²) in [5, 5.41) is 19.5. The Labute approximate surface area is 104 Å². The van der Waals surface area contributed by atoms with Gasteiger partial charge >= 0.3 is 5.97 Å². The molecule has 1 N–H and O–H groups in total. The van der Waals surface area contributed by atoms with Crippen molar-refractivity contribution in [3.63, 3.8) is 0 Å². The highest BCUT2D eigenvalue weighted by Gasteiger charge is 2.20. The number of pyridine rings is 1. The first kappa shape index (κ1) is 14.0. The van der Waals surface area contributed by atoms with Crippen molar-refractivity contribution in [2.75, 3.05) is 0 Å². The van der Waals surface area contributed by atoms with Crippen molar-refractivity contribution in [3.05, 3.63) is 33.1 Å². The van der Waals surface area contributed by atoms with Gasteiger partial charge in [-0.2, -0.15) is 0 Å². The minimum absolute atomic E-state index is 0.00780. The van der Waals surface area contributed by atoms with E-state index in [0.29, 0.717) is 16.8 Å². The molecule has 7 heteroatoms. The molecule has 1 heterocycles. The minimum Gasteiger partial charge on any atom is -0.479 e. The van der Waals surface area contributed by atoms with E-state index >= 15 is 0 Å². The lowest BCUT2D eigenvalue weighted by Gasteiger charge is -2.10. The lowest BCUT2D eigenvalue weighted by Crippen LogP contribution is -2.20. The molecule has 7 nitrogen and oxygen atoms in total. The van der Waals surface area contributed by atoms with Gasteiger partial charge in [-0.05, 0) is 20.8 Å². The summed E-state index contributed by atoms with van der Waals surface area (Å²) < 4.78 is 5.06. The lowest BCUT2D eigenvalue weighted by molar-refractivity contribution is -0.386. The highest BCUT2D eigenvalue weighted by atomic mass is 16.6. The maximum atomic E-state index is 10.9. The highest BCUT2D eigenvalue weighted by molar-refractivity contribution is 5.71. The lowest BCUT2D eigenvalue weighted by atomic mass is 10.1. The molecule has 0 saturated carbocycles. The first-order valence-electron chi connectivity index (χ1n) is 5.28. The summed E-state index contributed by atoms with van der Waals surface area (Å²) in [4.78, 5) is 25.0. The van der Waals surface area contributed by atoms with Crippen molar-refractivity contribution >= 4 is 11.7 Å². The molecule has 0 saturated heterocycles. The zero-order valence-electron chi connectivity index (χ0n) is 10.3. The van der Waals surface area contributed by atoms with E-state index in [2.05, 4.69) is 4.98 Å². The molecule has 0 aromatic carbocycles. The number of aromatic nitrogens is 1. The molecule has 98 valence electrons. The SMILES string of the molecule is Cc1cnc(CO[C@H](C)C(=O)O)c(C)c1[N+](=O)[O-]. The Bertz CT molecular complexity index is 487. The standard InChI is InChI=1S/C11H14N2O5/c1-6-4-12-9(5-18-8(3)11(14)15)7(2)10(6)13(16)17/h4,8H,5H2,1-3H3,(H,14,15)/t8-/m1/s1. The molecule has 0 fully saturated rings. The van der Waals surface area contributed by atoms with Crippen LogP contribution in [0.5, 0.6) is 0 Å². The van der Waals surface area contributed by atoms with Crippen molar-refractivity contribution < 1.29 is 19.6 Å². The predicted molar refractivity (Wildman–Crippen MR) is 62.3 cm³/mol. The molecule has 0 unspecified atom stereocenters. The number of nitrogens with zero attached hydrogens (tertiary/aromatic N) is 2. The van der Waals surface area contributed by atoms with Crippen LogP contribution in [0.4, 0.5) is 5.69 Å². The van der Waals surface area contributed by atoms with Crippen molar-refractivity contribution in [3.8, 4) is 0 Å². The maximum Gasteiger partial charge on any atom is 0.332 e. The third-order valence-corrected chi connectivity index (χ3v) is 2.58. The third-order valence-electron chi connectivity index (χ3n) is 2.58. The van der Waals surface area contributed by atoms with E-state index in [1.807, 2.05) is 0 Å². The van der Waals surface area contributed by atoms with E-state index in [1.165, 1.54) is 13.1 Å². The molecule has 0 radical (unpaired) electrons. The van der Waals surface area contributed by atoms with Gasteiger partial charge in [0.1, 0.15) is 0 Å². The summed E-state index contributed by atoms with van der Waals surface area (Å²) in [6.07, 6.45) is 0.404. The molecule has 0 bridgehead atoms. The quantitative estimate of drug-likeness (QED) is 0.632. The zero-order chi connectivity index (χ0) is 13.9. The Balaban J connectivity index is 2.95. The summed E-state index contributed by atoms with van der Waals surface area (Å²) in [7, 11) is 0. The predicted octanol–water partition coefficient (Wildman–Crippen LogP) is 1.60. The Morgan fingerprint density at radius 2 is 2.22 bits per heavy atom. The molecule has 0 spiro atoms. The maximum absolute atomic E-state index is 10.9. The summed E-state index contributed by atoms with van der Waals surface area (Å²) >= 11 is 0. The number of rotatable bonds is 5. The second-order valence-corrected chi connectivity index (χ2v) is 3.91. The van der Waals surface area contributed by atoms with Gasteiger partial charge in [0.25, 0.3) is 5.69 Å². The number of nitro groups is 1. The molecular formula is C11H14N2O5. The number of ether oxygens (including phenoxy) is 1. The van der Waals surface area contributed by atoms with Crippen LogP contribution in [0.25, 0.3) is 0 Å². The molecule has 1 aromatic heterocycles. The zero-order valence-corrected chi connectivity index (χ0v) is 10.3. The fourth-order valence-corrected chi connectivity index (χ4v) is 1.47. The summed E-state index contributed by atoms with van der Waals surface area (Å²) in [5.41, 5.74) is 1.23. The fourth-order valence-electron chi connectivity index (χ4n) is 1.47. The van der Waals surface area contributed by atoms with Crippen LogP contribution >= 0.6 is 0 Å². The normalized spacial score (nSPS) is 12.2. The van der Waals surface area contributed by atoms with E-state index < -0.39 is 17.0 Å². The van der Waals surface area contributed by atoms with Crippen LogP contribution in [0.2, 0.25) is 0 Å². The fraction of sp³-hybridized carbons (Fsp3) is 0.455. The topological polar surface area (TPSA) is 103 Å². The second-order valence-electron chi connectivity index (χ2n) is 3.91. The number of carbonyl (C=O) groups is 1. The van der Waals surface area contributed by atoms with Gasteiger partial charge in [0.2, 0.25) is 0 Å². The van der Waals surface area contributed by atoms with Crippen LogP contribution in [0.3, 0.4) is 0 Å². The molecular weight excluding hydrogens is 240 g/mol. The first-order valence-corrected chi connectivity index (χ1v) is 5.28. The van der Waals surface area contributed by atoms with E-state index in [-0.39, 0.29) is 12.3 Å². The number of hydrogen-bond donors (Lipinski definition) is 1. The van der Waals surface area contributed by atoms with E-state index in [9.17, 15) is 14.9 Å². The van der Waals surface area contributed by atoms with Gasteiger partial charge < -0.3 is 9.84 Å². The monoisotopic (exact) mass is 254 g/mol. The molecule has 0 aliphatic rings. The van der Waals surface area contributed by atoms with E-state index in [0.717, 1.165) is 0 Å². The van der Waals surface area contributed by atoms with Gasteiger partial charge in [-0.3, -0.25) is 15.1 Å². The average Bonchev–Trinajstić information content (AvgIpc) is 2.27. The van der Waals surface area contributed by atoms with Crippen LogP contribution in [0.1, 0.15) is 23.7 Å². The average molecular weight is 254 g/mol. The second kappa shape index (κ2) is 5.54. The molecule has 1 atom stereocenters. The Hall–Kier alpha value is -2.02. The van der Waals surface area contributed by atoms with Gasteiger partial charge in [-0.15, -0.1) is 0 Å². The van der Waals surface area contributed by atoms with Gasteiger partial charge in [0.05, 0.1) is 22.8 Å². The van der Waals surface area contributed by atoms with Gasteiger partial charge in [0, 0.05) is 11.8 Å². The molecule has 1 rings (SSSR count). The van der Waals surface area contributed by atoms with E-state index in [1.54, 1.807) is 13.8 Å². The van der Waals surface area contributed by atoms with Crippen LogP contribution < -0.4 is 0 Å². The Morgan fingerprint density at radius 1 is 1.61 bits per heavy atom. The third kappa shape index (κ3) is 3.01. The van der Waals surface area contributed by atoms with Crippen molar-refractivity contribution in [1.29, 1.82) is 0 Å². The molecule has 0 aliphatic carbocycles. The van der Waals surface area contributed by atoms with Gasteiger partial charge in [-0.1, -0.05) is 0 Å². The molecule has 1 aromatic rings. The number of carboxylic acids is 1. The van der Waals surface area contributed by atoms with Crippen molar-refractivity contribution in [2.24, 2.45) is 0 Å². The Morgan fingerprint density at radius 3 is 2.72 bits per heavy atom. The van der Waals surface area contributed by atoms with Crippen LogP contribution in [-0.4, -0.2) is 27.1 Å². The van der Waals surface area contributed by atoms with Crippen molar-refractivity contribution in [2.45, 2.75) is 33.5 Å². The number of aryl methyl sites for hydroxylation is 1. The molecule has 18 heavy (non-hydrogen) atoms. The molecule has 0 aliphatic heterocycles. The van der Waals surface area contributed by atoms with Gasteiger partial charge in [0.15, 0.2) is 6.10 Å². The first-order chi connectivity index (χ1) is 8.34. The number of aliphatic carboxylic acids is 1. The largest absolute Gasteiger partial charge is 0.479 e. The van der Waals surface area contributed by atoms with Crippen LogP contribution in [-0.2, 0) is 16.1 Å². The van der Waals surface area contributed by atoms with Gasteiger partial charge in [-0.25, -0.2) is 4.79 Å². The molecule has 0 amide bonds. The Kier molecular flexibility index (Phi) is 4.33. The highest BCUT2D eigenvalue weighted by Crippen LogP contribution is 2.24. The number of hydrogen-bond acceptors (Lipinski definition) is 5. The number of carboxylic acid groups (broad SMARTS) is 1. The summed E-state index contributed by atoms with van der Waals surface area (Å²) in [5.74, 6) is -1.09. The van der Waals surface area contributed by atoms with Crippen LogP contribution in [0.15, 0.2) is 6.20 Å².